The van der Waals surface area contributed by atoms with Gasteiger partial charge in [-0.2, -0.15) is 0 Å². The molecule has 2 aromatic heterocycles. The number of hydrogen-bond donors (Lipinski definition) is 0. The second-order valence-corrected chi connectivity index (χ2v) is 10.5. The maximum atomic E-state index is 14.5. The lowest BCUT2D eigenvalue weighted by molar-refractivity contribution is 0.0529. The molecule has 0 saturated carbocycles. The molecule has 6 aromatic rings. The molecular formula is C36H32N2O3. The maximum Gasteiger partial charge on any atom is 0.342 e. The van der Waals surface area contributed by atoms with Gasteiger partial charge in [-0.15, -0.1) is 0 Å². The van der Waals surface area contributed by atoms with Gasteiger partial charge in [0.1, 0.15) is 16.9 Å². The highest BCUT2D eigenvalue weighted by Crippen LogP contribution is 2.40. The van der Waals surface area contributed by atoms with Crippen molar-refractivity contribution in [3.63, 3.8) is 0 Å². The van der Waals surface area contributed by atoms with Gasteiger partial charge >= 0.3 is 5.97 Å². The lowest BCUT2D eigenvalue weighted by Crippen LogP contribution is -2.10. The first-order valence-electron chi connectivity index (χ1n) is 13.9. The Bertz CT molecular complexity index is 1910. The molecule has 6 rings (SSSR count). The quantitative estimate of drug-likeness (QED) is 0.153. The van der Waals surface area contributed by atoms with E-state index in [0.29, 0.717) is 34.6 Å². The van der Waals surface area contributed by atoms with Crippen LogP contribution in [0, 0.1) is 20.8 Å². The third-order valence-electron chi connectivity index (χ3n) is 7.78. The Balaban J connectivity index is 1.81. The summed E-state index contributed by atoms with van der Waals surface area (Å²) in [6, 6.07) is 31.7. The van der Waals surface area contributed by atoms with E-state index in [0.717, 1.165) is 38.9 Å². The molecule has 0 fully saturated rings. The second-order valence-electron chi connectivity index (χ2n) is 10.5. The van der Waals surface area contributed by atoms with Gasteiger partial charge in [-0.05, 0) is 62.1 Å². The van der Waals surface area contributed by atoms with Gasteiger partial charge in [0.05, 0.1) is 17.6 Å². The minimum Gasteiger partial charge on any atom is -0.462 e. The number of nitrogens with zero attached hydrogens (tertiary/aromatic N) is 2. The summed E-state index contributed by atoms with van der Waals surface area (Å²) in [6.45, 7) is 8.72. The van der Waals surface area contributed by atoms with Gasteiger partial charge in [0.25, 0.3) is 0 Å². The summed E-state index contributed by atoms with van der Waals surface area (Å²) in [5.74, 6) is -0.594. The van der Waals surface area contributed by atoms with Gasteiger partial charge < -0.3 is 9.30 Å². The van der Waals surface area contributed by atoms with E-state index in [1.165, 1.54) is 0 Å². The minimum atomic E-state index is -0.447. The van der Waals surface area contributed by atoms with Crippen molar-refractivity contribution in [3.8, 4) is 11.1 Å². The third-order valence-corrected chi connectivity index (χ3v) is 7.78. The van der Waals surface area contributed by atoms with Gasteiger partial charge in [0.2, 0.25) is 5.78 Å². The van der Waals surface area contributed by atoms with Crippen LogP contribution in [0.15, 0.2) is 97.1 Å². The molecule has 0 aliphatic carbocycles. The number of fused-ring (bicyclic) bond motifs is 3. The Morgan fingerprint density at radius 1 is 0.756 bits per heavy atom. The molecular weight excluding hydrogens is 508 g/mol. The maximum absolute atomic E-state index is 14.5. The molecule has 41 heavy (non-hydrogen) atoms. The fourth-order valence-electron chi connectivity index (χ4n) is 5.61. The van der Waals surface area contributed by atoms with Crippen molar-refractivity contribution in [2.45, 2.75) is 34.2 Å². The molecule has 5 nitrogen and oxygen atoms in total. The zero-order chi connectivity index (χ0) is 28.7. The monoisotopic (exact) mass is 540 g/mol. The zero-order valence-electron chi connectivity index (χ0n) is 23.8. The van der Waals surface area contributed by atoms with Crippen molar-refractivity contribution in [3.05, 3.63) is 136 Å². The molecule has 0 atom stereocenters. The van der Waals surface area contributed by atoms with Crippen LogP contribution < -0.4 is 0 Å². The molecule has 0 unspecified atom stereocenters. The van der Waals surface area contributed by atoms with Crippen LogP contribution in [0.4, 0.5) is 0 Å². The van der Waals surface area contributed by atoms with Gasteiger partial charge in [-0.25, -0.2) is 4.79 Å². The molecule has 0 radical (unpaired) electrons. The van der Waals surface area contributed by atoms with Gasteiger partial charge in [-0.1, -0.05) is 90.5 Å². The number of esters is 1. The van der Waals surface area contributed by atoms with Crippen molar-refractivity contribution < 1.29 is 14.3 Å². The molecule has 0 spiro atoms. The first kappa shape index (κ1) is 26.3. The molecule has 0 N–H and O–H groups in total. The van der Waals surface area contributed by atoms with Crippen LogP contribution >= 0.6 is 0 Å². The van der Waals surface area contributed by atoms with Crippen molar-refractivity contribution in [2.75, 3.05) is 6.61 Å². The molecule has 4 aromatic carbocycles. The van der Waals surface area contributed by atoms with Crippen molar-refractivity contribution in [1.82, 2.24) is 8.97 Å². The van der Waals surface area contributed by atoms with Crippen LogP contribution in [0.25, 0.3) is 27.8 Å². The number of carbonyl (C=O) groups excluding carboxylic acids is 2. The van der Waals surface area contributed by atoms with E-state index in [9.17, 15) is 9.59 Å². The van der Waals surface area contributed by atoms with Crippen molar-refractivity contribution >= 4 is 28.4 Å². The zero-order valence-corrected chi connectivity index (χ0v) is 23.8. The van der Waals surface area contributed by atoms with Gasteiger partial charge in [0.15, 0.2) is 0 Å². The van der Waals surface area contributed by atoms with Crippen molar-refractivity contribution in [2.24, 2.45) is 0 Å². The van der Waals surface area contributed by atoms with E-state index >= 15 is 0 Å². The number of ketones is 1. The lowest BCUT2D eigenvalue weighted by atomic mass is 9.96. The number of ether oxygens (including phenoxy) is 1. The number of imidazole rings is 1. The normalized spacial score (nSPS) is 11.3. The summed E-state index contributed by atoms with van der Waals surface area (Å²) >= 11 is 0. The highest BCUT2D eigenvalue weighted by molar-refractivity contribution is 6.19. The second kappa shape index (κ2) is 10.6. The number of aromatic nitrogens is 2. The SMILES string of the molecule is CCOC(=O)c1c(-c2ccccc2)c(C(=O)c2ccc(C)cc2)n2c3cc(C)c(C)cc3n(Cc3ccccc3)c12. The third kappa shape index (κ3) is 4.53. The van der Waals surface area contributed by atoms with Crippen LogP contribution in [0.3, 0.4) is 0 Å². The van der Waals surface area contributed by atoms with Crippen LogP contribution in [0.2, 0.25) is 0 Å². The summed E-state index contributed by atoms with van der Waals surface area (Å²) in [4.78, 5) is 28.5. The van der Waals surface area contributed by atoms with E-state index < -0.39 is 5.97 Å². The molecule has 0 aliphatic heterocycles. The van der Waals surface area contributed by atoms with E-state index in [4.69, 9.17) is 4.74 Å². The number of hydrogen-bond acceptors (Lipinski definition) is 3. The molecule has 2 heterocycles. The number of aryl methyl sites for hydroxylation is 3. The lowest BCUT2D eigenvalue weighted by Gasteiger charge is -2.12. The predicted molar refractivity (Wildman–Crippen MR) is 164 cm³/mol. The van der Waals surface area contributed by atoms with Crippen LogP contribution in [-0.4, -0.2) is 27.3 Å². The highest BCUT2D eigenvalue weighted by Gasteiger charge is 2.33. The van der Waals surface area contributed by atoms with Crippen LogP contribution in [0.1, 0.15) is 55.6 Å². The Morgan fingerprint density at radius 3 is 2.00 bits per heavy atom. The fourth-order valence-corrected chi connectivity index (χ4v) is 5.61. The van der Waals surface area contributed by atoms with E-state index in [1.54, 1.807) is 6.92 Å². The first-order valence-corrected chi connectivity index (χ1v) is 13.9. The summed E-state index contributed by atoms with van der Waals surface area (Å²) < 4.78 is 9.83. The standard InChI is InChI=1S/C36H32N2O3/c1-5-41-36(40)32-31(27-14-10-7-11-15-27)33(34(39)28-18-16-23(2)17-19-28)38-30-21-25(4)24(3)20-29(30)37(35(32)38)22-26-12-8-6-9-13-26/h6-21H,5,22H2,1-4H3. The summed E-state index contributed by atoms with van der Waals surface area (Å²) in [5.41, 5.74) is 9.70. The topological polar surface area (TPSA) is 52.7 Å². The predicted octanol–water partition coefficient (Wildman–Crippen LogP) is 7.94. The van der Waals surface area contributed by atoms with Crippen LogP contribution in [0.5, 0.6) is 0 Å². The summed E-state index contributed by atoms with van der Waals surface area (Å²) in [5, 5.41) is 0. The highest BCUT2D eigenvalue weighted by atomic mass is 16.5. The minimum absolute atomic E-state index is 0.147. The Kier molecular flexibility index (Phi) is 6.80. The summed E-state index contributed by atoms with van der Waals surface area (Å²) in [6.07, 6.45) is 0. The summed E-state index contributed by atoms with van der Waals surface area (Å²) in [7, 11) is 0. The molecule has 0 amide bonds. The van der Waals surface area contributed by atoms with Gasteiger partial charge in [0, 0.05) is 17.7 Å². The first-order chi connectivity index (χ1) is 19.9. The number of carbonyl (C=O) groups is 2. The number of rotatable bonds is 7. The smallest absolute Gasteiger partial charge is 0.342 e. The Labute approximate surface area is 239 Å². The van der Waals surface area contributed by atoms with Crippen molar-refractivity contribution in [1.29, 1.82) is 0 Å². The number of benzene rings is 4. The van der Waals surface area contributed by atoms with E-state index in [1.807, 2.05) is 84.1 Å². The Hall–Kier alpha value is -4.90. The molecule has 204 valence electrons. The average molecular weight is 541 g/mol. The molecule has 0 aliphatic rings. The van der Waals surface area contributed by atoms with E-state index in [2.05, 4.69) is 42.7 Å². The van der Waals surface area contributed by atoms with E-state index in [-0.39, 0.29) is 12.4 Å². The largest absolute Gasteiger partial charge is 0.462 e. The van der Waals surface area contributed by atoms with Gasteiger partial charge in [-0.3, -0.25) is 9.20 Å². The average Bonchev–Trinajstić information content (AvgIpc) is 3.47. The molecule has 5 heteroatoms. The Morgan fingerprint density at radius 2 is 1.37 bits per heavy atom. The molecule has 0 saturated heterocycles. The fraction of sp³-hybridized carbons (Fsp3) is 0.167. The van der Waals surface area contributed by atoms with Crippen LogP contribution in [-0.2, 0) is 11.3 Å². The molecule has 0 bridgehead atoms.